The van der Waals surface area contributed by atoms with Crippen molar-refractivity contribution in [3.8, 4) is 41.1 Å². The van der Waals surface area contributed by atoms with Gasteiger partial charge in [0, 0.05) is 39.1 Å². The van der Waals surface area contributed by atoms with Gasteiger partial charge < -0.3 is 23.7 Å². The molecule has 0 atom stereocenters. The minimum absolute atomic E-state index is 0.315. The quantitative estimate of drug-likeness (QED) is 0.0105. The molecule has 69 heavy (non-hydrogen) atoms. The third-order valence-electron chi connectivity index (χ3n) is 11.2. The lowest BCUT2D eigenvalue weighted by molar-refractivity contribution is -0.137. The Kier molecular flexibility index (Phi) is 20.5. The van der Waals surface area contributed by atoms with E-state index in [9.17, 15) is 14.4 Å². The van der Waals surface area contributed by atoms with Gasteiger partial charge in [-0.05, 0) is 154 Å². The minimum Gasteiger partial charge on any atom is -0.494 e. The number of esters is 3. The van der Waals surface area contributed by atoms with Gasteiger partial charge in [0.2, 0.25) is 5.88 Å². The van der Waals surface area contributed by atoms with Gasteiger partial charge in [0.15, 0.2) is 0 Å². The summed E-state index contributed by atoms with van der Waals surface area (Å²) in [7, 11) is 0. The van der Waals surface area contributed by atoms with Crippen LogP contribution >= 0.6 is 0 Å². The van der Waals surface area contributed by atoms with E-state index in [1.807, 2.05) is 78.9 Å². The van der Waals surface area contributed by atoms with Crippen LogP contribution in [0, 0.1) is 23.7 Å². The van der Waals surface area contributed by atoms with Crippen molar-refractivity contribution < 1.29 is 38.1 Å². The molecule has 354 valence electrons. The molecule has 0 unspecified atom stereocenters. The Morgan fingerprint density at radius 2 is 1.00 bits per heavy atom. The summed E-state index contributed by atoms with van der Waals surface area (Å²) < 4.78 is 28.4. The Morgan fingerprint density at radius 3 is 1.58 bits per heavy atom. The SMILES string of the molecule is C=CCCCCCCOC(=O)c1ccc(C#Cc2ccc3c(c2)c(Oc2ccc(OCCCCCC)cc2)nc2cc(C#Cc4ccc(C(=O)OCCCCCCOC(=O)C=C)cc4)ccc23)cc1. The Balaban J connectivity index is 1.15. The molecule has 9 nitrogen and oxygen atoms in total. The van der Waals surface area contributed by atoms with E-state index < -0.39 is 5.97 Å². The predicted octanol–water partition coefficient (Wildman–Crippen LogP) is 13.7. The maximum absolute atomic E-state index is 12.6. The highest BCUT2D eigenvalue weighted by Crippen LogP contribution is 2.35. The van der Waals surface area contributed by atoms with Crippen molar-refractivity contribution >= 4 is 39.6 Å². The molecule has 9 heteroatoms. The average molecular weight is 924 g/mol. The van der Waals surface area contributed by atoms with Crippen LogP contribution in [-0.4, -0.2) is 49.3 Å². The number of hydrogen-bond acceptors (Lipinski definition) is 9. The number of ether oxygens (including phenoxy) is 5. The van der Waals surface area contributed by atoms with Gasteiger partial charge in [0.25, 0.3) is 0 Å². The Morgan fingerprint density at radius 1 is 0.507 bits per heavy atom. The molecule has 0 amide bonds. The van der Waals surface area contributed by atoms with Crippen LogP contribution in [0.1, 0.15) is 133 Å². The van der Waals surface area contributed by atoms with Gasteiger partial charge in [0.05, 0.1) is 43.1 Å². The molecule has 0 bridgehead atoms. The van der Waals surface area contributed by atoms with E-state index in [1.165, 1.54) is 12.8 Å². The van der Waals surface area contributed by atoms with Crippen LogP contribution in [0.15, 0.2) is 135 Å². The number of fused-ring (bicyclic) bond motifs is 3. The topological polar surface area (TPSA) is 110 Å². The van der Waals surface area contributed by atoms with Crippen LogP contribution in [0.2, 0.25) is 0 Å². The Hall–Kier alpha value is -7.62. The van der Waals surface area contributed by atoms with Crippen LogP contribution in [0.5, 0.6) is 17.4 Å². The van der Waals surface area contributed by atoms with Crippen molar-refractivity contribution in [2.24, 2.45) is 0 Å². The van der Waals surface area contributed by atoms with Crippen molar-refractivity contribution in [1.82, 2.24) is 4.98 Å². The third-order valence-corrected chi connectivity index (χ3v) is 11.2. The molecule has 0 spiro atoms. The van der Waals surface area contributed by atoms with E-state index in [0.717, 1.165) is 121 Å². The molecule has 0 saturated carbocycles. The summed E-state index contributed by atoms with van der Waals surface area (Å²) in [6, 6.07) is 33.7. The second kappa shape index (κ2) is 27.9. The fourth-order valence-corrected chi connectivity index (χ4v) is 7.34. The van der Waals surface area contributed by atoms with E-state index >= 15 is 0 Å². The molecule has 0 radical (unpaired) electrons. The van der Waals surface area contributed by atoms with Crippen molar-refractivity contribution in [2.75, 3.05) is 26.4 Å². The van der Waals surface area contributed by atoms with Crippen LogP contribution in [-0.2, 0) is 19.0 Å². The van der Waals surface area contributed by atoms with E-state index in [4.69, 9.17) is 28.7 Å². The second-order valence-electron chi connectivity index (χ2n) is 16.6. The first-order chi connectivity index (χ1) is 33.8. The Bertz CT molecular complexity index is 2790. The monoisotopic (exact) mass is 923 g/mol. The summed E-state index contributed by atoms with van der Waals surface area (Å²) in [5.74, 6) is 13.7. The van der Waals surface area contributed by atoms with Gasteiger partial charge in [0.1, 0.15) is 11.5 Å². The zero-order valence-corrected chi connectivity index (χ0v) is 39.7. The number of hydrogen-bond donors (Lipinski definition) is 0. The highest BCUT2D eigenvalue weighted by molar-refractivity contribution is 6.08. The van der Waals surface area contributed by atoms with Crippen molar-refractivity contribution in [3.05, 3.63) is 168 Å². The maximum atomic E-state index is 12.6. The number of benzene rings is 5. The summed E-state index contributed by atoms with van der Waals surface area (Å²) in [5, 5.41) is 2.67. The summed E-state index contributed by atoms with van der Waals surface area (Å²) in [6.07, 6.45) is 15.9. The van der Waals surface area contributed by atoms with Gasteiger partial charge in [-0.2, -0.15) is 0 Å². The molecule has 6 rings (SSSR count). The van der Waals surface area contributed by atoms with Crippen LogP contribution in [0.4, 0.5) is 0 Å². The van der Waals surface area contributed by atoms with E-state index in [0.29, 0.717) is 54.7 Å². The molecule has 1 heterocycles. The van der Waals surface area contributed by atoms with Gasteiger partial charge in [-0.15, -0.1) is 6.58 Å². The van der Waals surface area contributed by atoms with Crippen LogP contribution in [0.3, 0.4) is 0 Å². The first-order valence-corrected chi connectivity index (χ1v) is 24.1. The predicted molar refractivity (Wildman–Crippen MR) is 274 cm³/mol. The third kappa shape index (κ3) is 16.6. The lowest BCUT2D eigenvalue weighted by Crippen LogP contribution is -2.06. The summed E-state index contributed by atoms with van der Waals surface area (Å²) >= 11 is 0. The molecule has 0 aliphatic carbocycles. The van der Waals surface area contributed by atoms with Crippen LogP contribution in [0.25, 0.3) is 21.7 Å². The number of pyridine rings is 1. The molecule has 0 aliphatic heterocycles. The molecule has 6 aromatic rings. The zero-order valence-electron chi connectivity index (χ0n) is 39.7. The van der Waals surface area contributed by atoms with Gasteiger partial charge >= 0.3 is 17.9 Å². The van der Waals surface area contributed by atoms with Crippen molar-refractivity contribution in [1.29, 1.82) is 0 Å². The lowest BCUT2D eigenvalue weighted by atomic mass is 10.0. The highest BCUT2D eigenvalue weighted by Gasteiger charge is 2.13. The maximum Gasteiger partial charge on any atom is 0.338 e. The highest BCUT2D eigenvalue weighted by atomic mass is 16.5. The molecule has 0 saturated heterocycles. The normalized spacial score (nSPS) is 10.6. The zero-order chi connectivity index (χ0) is 48.5. The van der Waals surface area contributed by atoms with Crippen molar-refractivity contribution in [2.45, 2.75) is 90.4 Å². The Labute approximate surface area is 406 Å². The number of rotatable bonds is 25. The molecular weight excluding hydrogens is 863 g/mol. The fraction of sp³-hybridized carbons (Fsp3) is 0.300. The first kappa shape index (κ1) is 50.8. The van der Waals surface area contributed by atoms with E-state index in [2.05, 4.69) is 43.8 Å². The van der Waals surface area contributed by atoms with E-state index in [1.54, 1.807) is 36.4 Å². The second-order valence-corrected chi connectivity index (χ2v) is 16.6. The number of carbonyl (C=O) groups excluding carboxylic acids is 3. The number of unbranched alkanes of at least 4 members (excludes halogenated alkanes) is 10. The summed E-state index contributed by atoms with van der Waals surface area (Å²) in [4.78, 5) is 41.4. The van der Waals surface area contributed by atoms with Crippen LogP contribution < -0.4 is 9.47 Å². The molecule has 0 aliphatic rings. The summed E-state index contributed by atoms with van der Waals surface area (Å²) in [6.45, 7) is 11.1. The fourth-order valence-electron chi connectivity index (χ4n) is 7.34. The molecule has 0 fully saturated rings. The van der Waals surface area contributed by atoms with Gasteiger partial charge in [-0.1, -0.05) is 87.5 Å². The standard InChI is InChI=1S/C60H61NO8/c1-4-7-9-11-12-17-41-67-59(63)49-29-23-45(24-30-49)19-21-47-27-37-53-54-38-28-48(22-20-46-25-31-50(32-26-46)60(64)68-42-18-14-13-16-40-66-57(62)6-3)44-56(54)61-58(55(53)43-47)69-52-35-33-51(34-36-52)65-39-15-10-8-5-2/h4,6,23-38,43-44H,1,3,5,7-18,39-42H2,2H3. The van der Waals surface area contributed by atoms with E-state index in [-0.39, 0.29) is 11.9 Å². The summed E-state index contributed by atoms with van der Waals surface area (Å²) in [5.41, 5.74) is 4.71. The number of nitrogens with zero attached hydrogens (tertiary/aromatic N) is 1. The van der Waals surface area contributed by atoms with Gasteiger partial charge in [-0.3, -0.25) is 0 Å². The number of allylic oxidation sites excluding steroid dienone is 1. The molecular formula is C60H61NO8. The number of aromatic nitrogens is 1. The smallest absolute Gasteiger partial charge is 0.338 e. The molecule has 0 N–H and O–H groups in total. The minimum atomic E-state index is -0.420. The lowest BCUT2D eigenvalue weighted by Gasteiger charge is -2.12. The first-order valence-electron chi connectivity index (χ1n) is 24.1. The number of carbonyl (C=O) groups is 3. The van der Waals surface area contributed by atoms with Crippen molar-refractivity contribution in [3.63, 3.8) is 0 Å². The molecule has 5 aromatic carbocycles. The largest absolute Gasteiger partial charge is 0.494 e. The van der Waals surface area contributed by atoms with Gasteiger partial charge in [-0.25, -0.2) is 19.4 Å². The average Bonchev–Trinajstić information content (AvgIpc) is 3.38. The molecule has 1 aromatic heterocycles.